The zero-order chi connectivity index (χ0) is 13.2. The number of aromatic nitrogens is 2. The summed E-state index contributed by atoms with van der Waals surface area (Å²) in [5.74, 6) is 3.07. The number of ether oxygens (including phenoxy) is 2. The van der Waals surface area contributed by atoms with Crippen molar-refractivity contribution in [2.45, 2.75) is 6.42 Å². The number of anilines is 2. The van der Waals surface area contributed by atoms with Crippen LogP contribution in [0.4, 0.5) is 11.8 Å². The van der Waals surface area contributed by atoms with E-state index in [2.05, 4.69) is 10.3 Å². The molecule has 0 aliphatic carbocycles. The van der Waals surface area contributed by atoms with Crippen LogP contribution in [0.5, 0.6) is 11.5 Å². The standard InChI is InChI=1S/C13H16N4O2/c1-17-11(14)7-16-13(17)15-6-5-9-3-2-4-10-12(9)19-8-18-10/h2-4,7H,5-6,8,14H2,1H3,(H,15,16). The number of benzene rings is 1. The summed E-state index contributed by atoms with van der Waals surface area (Å²) in [4.78, 5) is 4.19. The third-order valence-corrected chi connectivity index (χ3v) is 3.18. The van der Waals surface area contributed by atoms with Gasteiger partial charge in [0, 0.05) is 13.6 Å². The summed E-state index contributed by atoms with van der Waals surface area (Å²) in [6.45, 7) is 1.06. The number of nitrogens with one attached hydrogen (secondary N) is 1. The molecule has 0 fully saturated rings. The molecule has 0 unspecified atom stereocenters. The largest absolute Gasteiger partial charge is 0.454 e. The van der Waals surface area contributed by atoms with E-state index in [-0.39, 0.29) is 0 Å². The number of para-hydroxylation sites is 1. The minimum atomic E-state index is 0.301. The fourth-order valence-corrected chi connectivity index (χ4v) is 2.08. The molecule has 1 aliphatic heterocycles. The lowest BCUT2D eigenvalue weighted by Gasteiger charge is -2.08. The van der Waals surface area contributed by atoms with Crippen molar-refractivity contribution >= 4 is 11.8 Å². The predicted molar refractivity (Wildman–Crippen MR) is 72.4 cm³/mol. The average molecular weight is 260 g/mol. The Kier molecular flexibility index (Phi) is 2.91. The van der Waals surface area contributed by atoms with Gasteiger partial charge >= 0.3 is 0 Å². The molecule has 2 aromatic rings. The highest BCUT2D eigenvalue weighted by molar-refractivity contribution is 5.48. The van der Waals surface area contributed by atoms with Crippen LogP contribution in [0.1, 0.15) is 5.56 Å². The lowest BCUT2D eigenvalue weighted by molar-refractivity contribution is 0.173. The third-order valence-electron chi connectivity index (χ3n) is 3.18. The molecule has 1 aromatic carbocycles. The molecule has 1 aromatic heterocycles. The van der Waals surface area contributed by atoms with Gasteiger partial charge in [-0.15, -0.1) is 0 Å². The molecule has 0 spiro atoms. The Morgan fingerprint density at radius 3 is 3.11 bits per heavy atom. The minimum absolute atomic E-state index is 0.301. The van der Waals surface area contributed by atoms with Crippen molar-refractivity contribution in [2.75, 3.05) is 24.4 Å². The Labute approximate surface area is 111 Å². The summed E-state index contributed by atoms with van der Waals surface area (Å²) < 4.78 is 12.6. The van der Waals surface area contributed by atoms with Crippen molar-refractivity contribution in [3.05, 3.63) is 30.0 Å². The molecule has 6 nitrogen and oxygen atoms in total. The van der Waals surface area contributed by atoms with Crippen LogP contribution in [-0.2, 0) is 13.5 Å². The highest BCUT2D eigenvalue weighted by atomic mass is 16.7. The van der Waals surface area contributed by atoms with Gasteiger partial charge in [-0.1, -0.05) is 12.1 Å². The Bertz CT molecular complexity index is 594. The lowest BCUT2D eigenvalue weighted by Crippen LogP contribution is -2.10. The van der Waals surface area contributed by atoms with E-state index in [1.54, 1.807) is 6.20 Å². The lowest BCUT2D eigenvalue weighted by atomic mass is 10.1. The summed E-state index contributed by atoms with van der Waals surface area (Å²) >= 11 is 0. The van der Waals surface area contributed by atoms with Crippen LogP contribution < -0.4 is 20.5 Å². The highest BCUT2D eigenvalue weighted by Gasteiger charge is 2.16. The van der Waals surface area contributed by atoms with Gasteiger partial charge in [-0.3, -0.25) is 0 Å². The van der Waals surface area contributed by atoms with Crippen molar-refractivity contribution in [1.82, 2.24) is 9.55 Å². The number of nitrogen functional groups attached to an aromatic ring is 1. The van der Waals surface area contributed by atoms with Crippen molar-refractivity contribution < 1.29 is 9.47 Å². The Balaban J connectivity index is 1.64. The summed E-state index contributed by atoms with van der Waals surface area (Å²) in [6, 6.07) is 5.93. The number of nitrogens with zero attached hydrogens (tertiary/aromatic N) is 2. The molecular formula is C13H16N4O2. The number of fused-ring (bicyclic) bond motifs is 1. The first-order valence-corrected chi connectivity index (χ1v) is 6.14. The molecule has 0 radical (unpaired) electrons. The third kappa shape index (κ3) is 2.16. The molecule has 19 heavy (non-hydrogen) atoms. The van der Waals surface area contributed by atoms with Gasteiger partial charge in [0.15, 0.2) is 11.5 Å². The van der Waals surface area contributed by atoms with Gasteiger partial charge in [-0.2, -0.15) is 0 Å². The quantitative estimate of drug-likeness (QED) is 0.869. The zero-order valence-corrected chi connectivity index (χ0v) is 10.7. The van der Waals surface area contributed by atoms with Crippen LogP contribution in [-0.4, -0.2) is 22.9 Å². The first kappa shape index (κ1) is 11.7. The molecule has 0 atom stereocenters. The summed E-state index contributed by atoms with van der Waals surface area (Å²) in [5.41, 5.74) is 6.85. The summed E-state index contributed by atoms with van der Waals surface area (Å²) in [7, 11) is 1.88. The molecule has 2 heterocycles. The van der Waals surface area contributed by atoms with Crippen molar-refractivity contribution in [1.29, 1.82) is 0 Å². The Hall–Kier alpha value is -2.37. The second-order valence-corrected chi connectivity index (χ2v) is 4.39. The minimum Gasteiger partial charge on any atom is -0.454 e. The maximum atomic E-state index is 5.72. The first-order valence-electron chi connectivity index (χ1n) is 6.14. The second kappa shape index (κ2) is 4.72. The van der Waals surface area contributed by atoms with Gasteiger partial charge in [0.25, 0.3) is 0 Å². The Morgan fingerprint density at radius 1 is 1.42 bits per heavy atom. The predicted octanol–water partition coefficient (Wildman–Crippen LogP) is 1.39. The Morgan fingerprint density at radius 2 is 2.32 bits per heavy atom. The molecule has 3 rings (SSSR count). The number of nitrogens with two attached hydrogens (primary N) is 1. The van der Waals surface area contributed by atoms with E-state index in [1.807, 2.05) is 29.8 Å². The SMILES string of the molecule is Cn1c(N)cnc1NCCc1cccc2c1OCO2. The van der Waals surface area contributed by atoms with Crippen LogP contribution in [0.15, 0.2) is 24.4 Å². The van der Waals surface area contributed by atoms with Gasteiger partial charge in [0.2, 0.25) is 12.7 Å². The molecule has 0 amide bonds. The van der Waals surface area contributed by atoms with Gasteiger partial charge in [-0.05, 0) is 18.1 Å². The maximum absolute atomic E-state index is 5.72. The van der Waals surface area contributed by atoms with E-state index in [1.165, 1.54) is 0 Å². The summed E-state index contributed by atoms with van der Waals surface area (Å²) in [5, 5.41) is 3.25. The van der Waals surface area contributed by atoms with Crippen LogP contribution in [0.3, 0.4) is 0 Å². The van der Waals surface area contributed by atoms with Gasteiger partial charge in [0.05, 0.1) is 6.20 Å². The molecule has 0 bridgehead atoms. The molecule has 6 heteroatoms. The van der Waals surface area contributed by atoms with E-state index in [0.717, 1.165) is 36.0 Å². The number of hydrogen-bond donors (Lipinski definition) is 2. The smallest absolute Gasteiger partial charge is 0.231 e. The number of hydrogen-bond acceptors (Lipinski definition) is 5. The molecular weight excluding hydrogens is 244 g/mol. The van der Waals surface area contributed by atoms with Gasteiger partial charge in [0.1, 0.15) is 5.82 Å². The first-order chi connectivity index (χ1) is 9.25. The molecule has 3 N–H and O–H groups in total. The topological polar surface area (TPSA) is 74.3 Å². The van der Waals surface area contributed by atoms with Gasteiger partial charge in [-0.25, -0.2) is 4.98 Å². The fraction of sp³-hybridized carbons (Fsp3) is 0.308. The van der Waals surface area contributed by atoms with Crippen LogP contribution in [0, 0.1) is 0 Å². The number of rotatable bonds is 4. The van der Waals surface area contributed by atoms with E-state index in [9.17, 15) is 0 Å². The highest BCUT2D eigenvalue weighted by Crippen LogP contribution is 2.35. The second-order valence-electron chi connectivity index (χ2n) is 4.39. The van der Waals surface area contributed by atoms with E-state index >= 15 is 0 Å². The van der Waals surface area contributed by atoms with Crippen molar-refractivity contribution in [3.63, 3.8) is 0 Å². The summed E-state index contributed by atoms with van der Waals surface area (Å²) in [6.07, 6.45) is 2.47. The normalized spacial score (nSPS) is 12.7. The molecule has 1 aliphatic rings. The molecule has 0 saturated heterocycles. The average Bonchev–Trinajstić information content (AvgIpc) is 3.00. The fourth-order valence-electron chi connectivity index (χ4n) is 2.08. The maximum Gasteiger partial charge on any atom is 0.231 e. The van der Waals surface area contributed by atoms with Crippen LogP contribution in [0.2, 0.25) is 0 Å². The van der Waals surface area contributed by atoms with E-state index in [0.29, 0.717) is 12.6 Å². The van der Waals surface area contributed by atoms with Crippen molar-refractivity contribution in [2.24, 2.45) is 7.05 Å². The van der Waals surface area contributed by atoms with E-state index < -0.39 is 0 Å². The van der Waals surface area contributed by atoms with Crippen molar-refractivity contribution in [3.8, 4) is 11.5 Å². The van der Waals surface area contributed by atoms with E-state index in [4.69, 9.17) is 15.2 Å². The van der Waals surface area contributed by atoms with Crippen LogP contribution >= 0.6 is 0 Å². The number of imidazole rings is 1. The zero-order valence-electron chi connectivity index (χ0n) is 10.7. The van der Waals surface area contributed by atoms with Crippen LogP contribution in [0.25, 0.3) is 0 Å². The van der Waals surface area contributed by atoms with Gasteiger partial charge < -0.3 is 25.1 Å². The molecule has 100 valence electrons. The molecule has 0 saturated carbocycles. The monoisotopic (exact) mass is 260 g/mol.